The quantitative estimate of drug-likeness (QED) is 0.0503. The predicted molar refractivity (Wildman–Crippen MR) is 171 cm³/mol. The number of anilines is 2. The fourth-order valence-corrected chi connectivity index (χ4v) is 6.64. The Morgan fingerprint density at radius 3 is 1.28 bits per heavy atom. The number of aromatic hydroxyl groups is 4. The van der Waals surface area contributed by atoms with Crippen LogP contribution in [0.5, 0.6) is 23.0 Å². The minimum Gasteiger partial charge on any atom is -0.507 e. The molecule has 0 aliphatic rings. The van der Waals surface area contributed by atoms with E-state index in [1.54, 1.807) is 13.8 Å². The van der Waals surface area contributed by atoms with Gasteiger partial charge in [-0.15, -0.1) is 0 Å². The summed E-state index contributed by atoms with van der Waals surface area (Å²) < 4.78 is 6.44. The van der Waals surface area contributed by atoms with Crippen LogP contribution in [0.1, 0.15) is 22.3 Å². The number of nitrogens with one attached hydrogen (secondary N) is 2. The molecule has 0 unspecified atom stereocenters. The van der Waals surface area contributed by atoms with Gasteiger partial charge in [-0.25, -0.2) is 0 Å². The van der Waals surface area contributed by atoms with Crippen LogP contribution in [0.2, 0.25) is 0 Å². The van der Waals surface area contributed by atoms with Gasteiger partial charge >= 0.3 is 0 Å². The van der Waals surface area contributed by atoms with Crippen LogP contribution >= 0.6 is 60.6 Å². The topological polar surface area (TPSA) is 105 Å². The highest BCUT2D eigenvalue weighted by Gasteiger charge is 2.28. The molecular weight excluding hydrogens is 722 g/mol. The number of hydrogen-bond donors (Lipinski definition) is 6. The Balaban J connectivity index is 2.18. The van der Waals surface area contributed by atoms with Crippen LogP contribution in [0.4, 0.5) is 11.4 Å². The van der Waals surface area contributed by atoms with Crippen LogP contribution in [-0.2, 0) is 0 Å². The monoisotopic (exact) mass is 746 g/mol. The molecule has 4 rings (SSSR count). The lowest BCUT2D eigenvalue weighted by molar-refractivity contribution is 0.406. The third-order valence-corrected chi connectivity index (χ3v) is 8.38. The van der Waals surface area contributed by atoms with E-state index in [2.05, 4.69) is 51.9 Å². The standard InChI is InChI=1S/C26H24I2N2O4S2/c1-11-9-17(29-35-27)13(3)19(23(11)31)21-15-7-5-6-8-16(15)22(26(34)25(21)33)20-14(4)18(30-36-28)10-12(2)24(20)32/h5-10,29-34H,1-4H3. The van der Waals surface area contributed by atoms with E-state index >= 15 is 0 Å². The zero-order valence-electron chi connectivity index (χ0n) is 19.8. The summed E-state index contributed by atoms with van der Waals surface area (Å²) in [5.41, 5.74) is 5.86. The van der Waals surface area contributed by atoms with Crippen molar-refractivity contribution in [1.29, 1.82) is 0 Å². The highest BCUT2D eigenvalue weighted by Crippen LogP contribution is 2.55. The Hall–Kier alpha value is -1.90. The Bertz CT molecular complexity index is 1400. The zero-order valence-corrected chi connectivity index (χ0v) is 25.8. The molecule has 0 fully saturated rings. The number of halogens is 2. The third-order valence-electron chi connectivity index (χ3n) is 6.46. The summed E-state index contributed by atoms with van der Waals surface area (Å²) in [5.74, 6) is -0.661. The first-order valence-electron chi connectivity index (χ1n) is 10.8. The van der Waals surface area contributed by atoms with E-state index in [-0.39, 0.29) is 23.0 Å². The predicted octanol–water partition coefficient (Wildman–Crippen LogP) is 9.05. The number of rotatable bonds is 6. The molecule has 0 aromatic heterocycles. The highest BCUT2D eigenvalue weighted by atomic mass is 127. The average molecular weight is 746 g/mol. The summed E-state index contributed by atoms with van der Waals surface area (Å²) in [5, 5.41) is 46.5. The van der Waals surface area contributed by atoms with E-state index in [4.69, 9.17) is 0 Å². The molecule has 0 saturated carbocycles. The van der Waals surface area contributed by atoms with Gasteiger partial charge in [0.2, 0.25) is 0 Å². The summed E-state index contributed by atoms with van der Waals surface area (Å²) in [6.45, 7) is 7.31. The molecule has 6 N–H and O–H groups in total. The minimum absolute atomic E-state index is 0.0317. The van der Waals surface area contributed by atoms with Crippen molar-refractivity contribution in [2.45, 2.75) is 27.7 Å². The Kier molecular flexibility index (Phi) is 8.17. The average Bonchev–Trinajstić information content (AvgIpc) is 2.85. The first kappa shape index (κ1) is 27.1. The van der Waals surface area contributed by atoms with Crippen molar-refractivity contribution >= 4 is 82.8 Å². The van der Waals surface area contributed by atoms with Gasteiger partial charge in [-0.2, -0.15) is 0 Å². The fourth-order valence-electron chi connectivity index (χ4n) is 4.63. The molecule has 0 bridgehead atoms. The van der Waals surface area contributed by atoms with Crippen LogP contribution < -0.4 is 9.44 Å². The smallest absolute Gasteiger partial charge is 0.166 e. The lowest BCUT2D eigenvalue weighted by Crippen LogP contribution is -1.98. The second-order valence-electron chi connectivity index (χ2n) is 8.53. The molecule has 0 aliphatic carbocycles. The Labute approximate surface area is 242 Å². The summed E-state index contributed by atoms with van der Waals surface area (Å²) in [4.78, 5) is 0. The molecule has 0 amide bonds. The van der Waals surface area contributed by atoms with Crippen molar-refractivity contribution < 1.29 is 20.4 Å². The number of aryl methyl sites for hydroxylation is 2. The van der Waals surface area contributed by atoms with Crippen molar-refractivity contribution in [2.75, 3.05) is 9.44 Å². The van der Waals surface area contributed by atoms with Crippen LogP contribution in [0.25, 0.3) is 33.0 Å². The van der Waals surface area contributed by atoms with E-state index in [9.17, 15) is 20.4 Å². The summed E-state index contributed by atoms with van der Waals surface area (Å²) in [6.07, 6.45) is 0. The number of fused-ring (bicyclic) bond motifs is 1. The van der Waals surface area contributed by atoms with Gasteiger partial charge in [0.25, 0.3) is 0 Å². The molecule has 0 aliphatic heterocycles. The van der Waals surface area contributed by atoms with Crippen molar-refractivity contribution in [3.63, 3.8) is 0 Å². The zero-order chi connectivity index (χ0) is 26.3. The van der Waals surface area contributed by atoms with E-state index < -0.39 is 0 Å². The van der Waals surface area contributed by atoms with Gasteiger partial charge in [-0.3, -0.25) is 0 Å². The second kappa shape index (κ2) is 10.8. The maximum Gasteiger partial charge on any atom is 0.166 e. The molecule has 188 valence electrons. The highest BCUT2D eigenvalue weighted by molar-refractivity contribution is 14.2. The fraction of sp³-hybridized carbons (Fsp3) is 0.154. The van der Waals surface area contributed by atoms with E-state index in [1.807, 2.05) is 50.2 Å². The maximum absolute atomic E-state index is 11.5. The Morgan fingerprint density at radius 1 is 0.583 bits per heavy atom. The lowest BCUT2D eigenvalue weighted by Gasteiger charge is -2.23. The van der Waals surface area contributed by atoms with Gasteiger partial charge in [0.05, 0.1) is 0 Å². The number of hydrogen-bond acceptors (Lipinski definition) is 8. The molecule has 0 spiro atoms. The summed E-state index contributed by atoms with van der Waals surface area (Å²) >= 11 is 4.26. The molecule has 0 atom stereocenters. The normalized spacial score (nSPS) is 11.2. The van der Waals surface area contributed by atoms with E-state index in [0.717, 1.165) is 22.5 Å². The summed E-state index contributed by atoms with van der Waals surface area (Å²) in [6, 6.07) is 11.1. The van der Waals surface area contributed by atoms with Crippen LogP contribution in [0.15, 0.2) is 36.4 Å². The SMILES string of the molecule is Cc1cc(NSI)c(C)c(-c2c(O)c(O)c(-c3c(C)c(NSI)cc(C)c3O)c3ccccc23)c1O. The van der Waals surface area contributed by atoms with Crippen LogP contribution in [-0.4, -0.2) is 20.4 Å². The van der Waals surface area contributed by atoms with Crippen LogP contribution in [0, 0.1) is 27.7 Å². The van der Waals surface area contributed by atoms with Gasteiger partial charge in [0.15, 0.2) is 11.5 Å². The van der Waals surface area contributed by atoms with Gasteiger partial charge in [0, 0.05) is 94.3 Å². The lowest BCUT2D eigenvalue weighted by atomic mass is 9.85. The van der Waals surface area contributed by atoms with E-state index in [1.165, 1.54) is 18.2 Å². The van der Waals surface area contributed by atoms with Crippen molar-refractivity contribution in [1.82, 2.24) is 0 Å². The maximum atomic E-state index is 11.5. The molecule has 4 aromatic rings. The number of phenols is 4. The molecule has 36 heavy (non-hydrogen) atoms. The first-order chi connectivity index (χ1) is 17.1. The molecular formula is C26H24I2N2O4S2. The van der Waals surface area contributed by atoms with Gasteiger partial charge in [0.1, 0.15) is 11.5 Å². The number of phenolic OH excluding ortho intramolecular Hbond substituents is 4. The molecule has 0 saturated heterocycles. The van der Waals surface area contributed by atoms with Crippen molar-refractivity contribution in [3.8, 4) is 45.3 Å². The molecule has 10 heteroatoms. The van der Waals surface area contributed by atoms with E-state index in [0.29, 0.717) is 44.2 Å². The molecule has 4 aromatic carbocycles. The first-order valence-corrected chi connectivity index (χ1v) is 17.6. The number of benzene rings is 4. The molecule has 6 nitrogen and oxygen atoms in total. The Morgan fingerprint density at radius 2 is 0.944 bits per heavy atom. The van der Waals surface area contributed by atoms with Crippen LogP contribution in [0.3, 0.4) is 0 Å². The van der Waals surface area contributed by atoms with Gasteiger partial charge in [-0.1, -0.05) is 24.3 Å². The molecule has 0 radical (unpaired) electrons. The van der Waals surface area contributed by atoms with Gasteiger partial charge in [-0.05, 0) is 72.9 Å². The third kappa shape index (κ3) is 4.50. The second-order valence-corrected chi connectivity index (χ2v) is 11.9. The van der Waals surface area contributed by atoms with Crippen molar-refractivity contribution in [3.05, 3.63) is 58.7 Å². The minimum atomic E-state index is -0.362. The molecule has 0 heterocycles. The largest absolute Gasteiger partial charge is 0.507 e. The summed E-state index contributed by atoms with van der Waals surface area (Å²) in [7, 11) is 2.80. The van der Waals surface area contributed by atoms with Gasteiger partial charge < -0.3 is 29.9 Å². The van der Waals surface area contributed by atoms with Crippen molar-refractivity contribution in [2.24, 2.45) is 0 Å².